The number of pyridine rings is 1. The van der Waals surface area contributed by atoms with Crippen LogP contribution < -0.4 is 4.74 Å². The van der Waals surface area contributed by atoms with Crippen LogP contribution in [0.2, 0.25) is 0 Å². The third-order valence-electron chi connectivity index (χ3n) is 5.24. The van der Waals surface area contributed by atoms with Gasteiger partial charge in [-0.3, -0.25) is 4.79 Å². The molecule has 1 aromatic rings. The van der Waals surface area contributed by atoms with Gasteiger partial charge in [0.05, 0.1) is 12.6 Å². The second-order valence-corrected chi connectivity index (χ2v) is 6.75. The quantitative estimate of drug-likeness (QED) is 0.842. The van der Waals surface area contributed by atoms with Gasteiger partial charge in [0.15, 0.2) is 0 Å². The molecule has 4 rings (SSSR count). The van der Waals surface area contributed by atoms with E-state index in [1.807, 2.05) is 23.1 Å². The molecular formula is C18H24N2O4. The van der Waals surface area contributed by atoms with Crippen LogP contribution in [0.3, 0.4) is 0 Å². The molecule has 6 nitrogen and oxygen atoms in total. The standard InChI is InChI=1S/C18H24N2O4/c21-18(13-6-10-22-11-7-13)20-12-15(17-14(20)4-3-9-23-17)24-16-5-1-2-8-19-16/h1-2,5,8,13-15,17H,3-4,6-7,9-12H2/t14-,15+,17+/m0/s1. The summed E-state index contributed by atoms with van der Waals surface area (Å²) in [6, 6.07) is 5.74. The van der Waals surface area contributed by atoms with E-state index in [9.17, 15) is 4.79 Å². The van der Waals surface area contributed by atoms with Crippen molar-refractivity contribution in [3.63, 3.8) is 0 Å². The van der Waals surface area contributed by atoms with E-state index in [0.29, 0.717) is 25.6 Å². The van der Waals surface area contributed by atoms with Crippen molar-refractivity contribution >= 4 is 5.91 Å². The van der Waals surface area contributed by atoms with Gasteiger partial charge in [0.1, 0.15) is 12.2 Å². The summed E-state index contributed by atoms with van der Waals surface area (Å²) in [5, 5.41) is 0. The van der Waals surface area contributed by atoms with Gasteiger partial charge in [-0.2, -0.15) is 0 Å². The number of nitrogens with zero attached hydrogens (tertiary/aromatic N) is 2. The average Bonchev–Trinajstić information content (AvgIpc) is 3.01. The van der Waals surface area contributed by atoms with Crippen molar-refractivity contribution in [1.82, 2.24) is 9.88 Å². The lowest BCUT2D eigenvalue weighted by Crippen LogP contribution is -2.46. The number of amides is 1. The van der Waals surface area contributed by atoms with Gasteiger partial charge in [0.2, 0.25) is 11.8 Å². The molecule has 0 radical (unpaired) electrons. The summed E-state index contributed by atoms with van der Waals surface area (Å²) in [6.45, 7) is 2.69. The first-order valence-corrected chi connectivity index (χ1v) is 8.90. The lowest BCUT2D eigenvalue weighted by molar-refractivity contribution is -0.142. The molecule has 130 valence electrons. The summed E-state index contributed by atoms with van der Waals surface area (Å²) in [7, 11) is 0. The smallest absolute Gasteiger partial charge is 0.226 e. The normalized spacial score (nSPS) is 30.8. The van der Waals surface area contributed by atoms with Gasteiger partial charge in [0, 0.05) is 38.0 Å². The van der Waals surface area contributed by atoms with Crippen LogP contribution in [-0.4, -0.2) is 60.4 Å². The summed E-state index contributed by atoms with van der Waals surface area (Å²) in [6.07, 6.45) is 5.14. The summed E-state index contributed by atoms with van der Waals surface area (Å²) in [4.78, 5) is 19.2. The SMILES string of the molecule is O=C(C1CCOCC1)N1C[C@@H](Oc2ccccn2)[C@@H]2OCCC[C@@H]21. The van der Waals surface area contributed by atoms with E-state index >= 15 is 0 Å². The minimum atomic E-state index is -0.144. The molecule has 0 aromatic carbocycles. The van der Waals surface area contributed by atoms with Crippen molar-refractivity contribution in [1.29, 1.82) is 0 Å². The van der Waals surface area contributed by atoms with Crippen LogP contribution in [0.4, 0.5) is 0 Å². The van der Waals surface area contributed by atoms with Crippen molar-refractivity contribution in [2.24, 2.45) is 5.92 Å². The average molecular weight is 332 g/mol. The number of hydrogen-bond donors (Lipinski definition) is 0. The molecule has 3 saturated heterocycles. The number of likely N-dealkylation sites (tertiary alicyclic amines) is 1. The molecule has 1 amide bonds. The molecule has 3 atom stereocenters. The highest BCUT2D eigenvalue weighted by atomic mass is 16.5. The first kappa shape index (κ1) is 15.8. The van der Waals surface area contributed by atoms with Crippen molar-refractivity contribution in [3.05, 3.63) is 24.4 Å². The second kappa shape index (κ2) is 7.07. The van der Waals surface area contributed by atoms with E-state index in [1.54, 1.807) is 6.20 Å². The van der Waals surface area contributed by atoms with Gasteiger partial charge in [-0.15, -0.1) is 0 Å². The number of carbonyl (C=O) groups excluding carboxylic acids is 1. The summed E-state index contributed by atoms with van der Waals surface area (Å²) in [5.74, 6) is 0.914. The maximum atomic E-state index is 13.0. The van der Waals surface area contributed by atoms with E-state index in [-0.39, 0.29) is 30.1 Å². The van der Waals surface area contributed by atoms with Gasteiger partial charge in [-0.1, -0.05) is 6.07 Å². The molecule has 3 aliphatic rings. The van der Waals surface area contributed by atoms with Crippen molar-refractivity contribution in [2.45, 2.75) is 43.9 Å². The molecule has 24 heavy (non-hydrogen) atoms. The molecule has 0 bridgehead atoms. The fourth-order valence-corrected chi connectivity index (χ4v) is 4.02. The predicted octanol–water partition coefficient (Wildman–Crippen LogP) is 1.65. The first-order valence-electron chi connectivity index (χ1n) is 8.90. The number of hydrogen-bond acceptors (Lipinski definition) is 5. The van der Waals surface area contributed by atoms with Crippen LogP contribution in [0.5, 0.6) is 5.88 Å². The number of fused-ring (bicyclic) bond motifs is 1. The van der Waals surface area contributed by atoms with Crippen LogP contribution in [0, 0.1) is 5.92 Å². The Kier molecular flexibility index (Phi) is 4.67. The highest BCUT2D eigenvalue weighted by molar-refractivity contribution is 5.79. The van der Waals surface area contributed by atoms with E-state index in [1.165, 1.54) is 0 Å². The molecule has 6 heteroatoms. The van der Waals surface area contributed by atoms with Gasteiger partial charge in [-0.25, -0.2) is 4.98 Å². The summed E-state index contributed by atoms with van der Waals surface area (Å²) in [5.41, 5.74) is 0. The number of aromatic nitrogens is 1. The molecule has 4 heterocycles. The van der Waals surface area contributed by atoms with Gasteiger partial charge in [-0.05, 0) is 31.7 Å². The Hall–Kier alpha value is -1.66. The van der Waals surface area contributed by atoms with Crippen LogP contribution in [0.15, 0.2) is 24.4 Å². The maximum absolute atomic E-state index is 13.0. The molecule has 0 N–H and O–H groups in total. The monoisotopic (exact) mass is 332 g/mol. The summed E-state index contributed by atoms with van der Waals surface area (Å²) >= 11 is 0. The van der Waals surface area contributed by atoms with Gasteiger partial charge >= 0.3 is 0 Å². The second-order valence-electron chi connectivity index (χ2n) is 6.75. The van der Waals surface area contributed by atoms with Crippen molar-refractivity contribution in [3.8, 4) is 5.88 Å². The Labute approximate surface area is 142 Å². The Morgan fingerprint density at radius 1 is 1.21 bits per heavy atom. The van der Waals surface area contributed by atoms with Crippen LogP contribution in [0.1, 0.15) is 25.7 Å². The molecule has 3 fully saturated rings. The third-order valence-corrected chi connectivity index (χ3v) is 5.24. The number of ether oxygens (including phenoxy) is 3. The first-order chi connectivity index (χ1) is 11.8. The molecular weight excluding hydrogens is 308 g/mol. The Morgan fingerprint density at radius 2 is 2.08 bits per heavy atom. The van der Waals surface area contributed by atoms with Crippen LogP contribution in [-0.2, 0) is 14.3 Å². The van der Waals surface area contributed by atoms with Gasteiger partial charge < -0.3 is 19.1 Å². The van der Waals surface area contributed by atoms with Crippen LogP contribution in [0.25, 0.3) is 0 Å². The van der Waals surface area contributed by atoms with E-state index in [4.69, 9.17) is 14.2 Å². The topological polar surface area (TPSA) is 60.9 Å². The summed E-state index contributed by atoms with van der Waals surface area (Å²) < 4.78 is 17.4. The highest BCUT2D eigenvalue weighted by Gasteiger charge is 2.48. The zero-order chi connectivity index (χ0) is 16.4. The molecule has 0 unspecified atom stereocenters. The Bertz CT molecular complexity index is 561. The maximum Gasteiger partial charge on any atom is 0.226 e. The minimum Gasteiger partial charge on any atom is -0.470 e. The highest BCUT2D eigenvalue weighted by Crippen LogP contribution is 2.33. The molecule has 1 aromatic heterocycles. The van der Waals surface area contributed by atoms with E-state index in [0.717, 1.165) is 32.3 Å². The Balaban J connectivity index is 1.49. The minimum absolute atomic E-state index is 0.0513. The largest absolute Gasteiger partial charge is 0.470 e. The molecule has 3 aliphatic heterocycles. The van der Waals surface area contributed by atoms with E-state index in [2.05, 4.69) is 4.98 Å². The molecule has 0 spiro atoms. The fraction of sp³-hybridized carbons (Fsp3) is 0.667. The van der Waals surface area contributed by atoms with Crippen molar-refractivity contribution in [2.75, 3.05) is 26.4 Å². The van der Waals surface area contributed by atoms with E-state index < -0.39 is 0 Å². The fourth-order valence-electron chi connectivity index (χ4n) is 4.02. The lowest BCUT2D eigenvalue weighted by atomic mass is 9.97. The zero-order valence-electron chi connectivity index (χ0n) is 13.8. The lowest BCUT2D eigenvalue weighted by Gasteiger charge is -2.34. The zero-order valence-corrected chi connectivity index (χ0v) is 13.8. The predicted molar refractivity (Wildman–Crippen MR) is 86.7 cm³/mol. The number of rotatable bonds is 3. The third kappa shape index (κ3) is 3.13. The molecule has 0 saturated carbocycles. The molecule has 0 aliphatic carbocycles. The van der Waals surface area contributed by atoms with Crippen molar-refractivity contribution < 1.29 is 19.0 Å². The van der Waals surface area contributed by atoms with Crippen LogP contribution >= 0.6 is 0 Å². The number of carbonyl (C=O) groups is 1. The Morgan fingerprint density at radius 3 is 2.88 bits per heavy atom. The van der Waals surface area contributed by atoms with Gasteiger partial charge in [0.25, 0.3) is 0 Å².